The van der Waals surface area contributed by atoms with Gasteiger partial charge in [-0.1, -0.05) is 17.7 Å². The molecule has 0 saturated heterocycles. The minimum Gasteiger partial charge on any atom is -0.491 e. The SMILES string of the molecule is Cc1cc(C)c(OCCNC(=O)c2ccc3c(c2)OCO3)c(C)c1. The van der Waals surface area contributed by atoms with Gasteiger partial charge in [-0.15, -0.1) is 0 Å². The van der Waals surface area contributed by atoms with Gasteiger partial charge in [0.05, 0.1) is 6.54 Å². The van der Waals surface area contributed by atoms with E-state index in [1.54, 1.807) is 18.2 Å². The molecule has 0 spiro atoms. The summed E-state index contributed by atoms with van der Waals surface area (Å²) in [5.74, 6) is 2.00. The second kappa shape index (κ2) is 6.83. The van der Waals surface area contributed by atoms with E-state index >= 15 is 0 Å². The molecule has 0 atom stereocenters. The average molecular weight is 327 g/mol. The van der Waals surface area contributed by atoms with Gasteiger partial charge in [0.25, 0.3) is 5.91 Å². The third-order valence-corrected chi connectivity index (χ3v) is 3.87. The summed E-state index contributed by atoms with van der Waals surface area (Å²) in [6.45, 7) is 7.17. The summed E-state index contributed by atoms with van der Waals surface area (Å²) < 4.78 is 16.3. The third kappa shape index (κ3) is 3.45. The predicted molar refractivity (Wildman–Crippen MR) is 91.0 cm³/mol. The van der Waals surface area contributed by atoms with Crippen LogP contribution in [0.2, 0.25) is 0 Å². The van der Waals surface area contributed by atoms with Crippen LogP contribution in [-0.2, 0) is 0 Å². The molecule has 1 amide bonds. The van der Waals surface area contributed by atoms with E-state index in [0.29, 0.717) is 30.2 Å². The fourth-order valence-corrected chi connectivity index (χ4v) is 2.85. The second-order valence-electron chi connectivity index (χ2n) is 5.90. The third-order valence-electron chi connectivity index (χ3n) is 3.87. The Bertz CT molecular complexity index is 747. The summed E-state index contributed by atoms with van der Waals surface area (Å²) in [6.07, 6.45) is 0. The van der Waals surface area contributed by atoms with E-state index in [1.165, 1.54) is 5.56 Å². The van der Waals surface area contributed by atoms with Gasteiger partial charge in [-0.2, -0.15) is 0 Å². The first-order valence-electron chi connectivity index (χ1n) is 7.93. The lowest BCUT2D eigenvalue weighted by molar-refractivity contribution is 0.0946. The summed E-state index contributed by atoms with van der Waals surface area (Å²) in [7, 11) is 0. The highest BCUT2D eigenvalue weighted by atomic mass is 16.7. The molecule has 2 aromatic carbocycles. The Kier molecular flexibility index (Phi) is 4.60. The number of benzene rings is 2. The first-order chi connectivity index (χ1) is 11.5. The zero-order valence-corrected chi connectivity index (χ0v) is 14.1. The Morgan fingerprint density at radius 1 is 1.08 bits per heavy atom. The van der Waals surface area contributed by atoms with Gasteiger partial charge < -0.3 is 19.5 Å². The lowest BCUT2D eigenvalue weighted by Gasteiger charge is -2.13. The highest BCUT2D eigenvalue weighted by molar-refractivity contribution is 5.94. The molecule has 0 bridgehead atoms. The van der Waals surface area contributed by atoms with Crippen LogP contribution in [0.15, 0.2) is 30.3 Å². The highest BCUT2D eigenvalue weighted by Crippen LogP contribution is 2.32. The van der Waals surface area contributed by atoms with Gasteiger partial charge in [-0.05, 0) is 50.1 Å². The lowest BCUT2D eigenvalue weighted by atomic mass is 10.1. The molecule has 1 aliphatic heterocycles. The topological polar surface area (TPSA) is 56.8 Å². The molecule has 24 heavy (non-hydrogen) atoms. The Morgan fingerprint density at radius 2 is 1.79 bits per heavy atom. The molecule has 2 aromatic rings. The summed E-state index contributed by atoms with van der Waals surface area (Å²) in [6, 6.07) is 9.33. The molecule has 0 unspecified atom stereocenters. The maximum atomic E-state index is 12.2. The highest BCUT2D eigenvalue weighted by Gasteiger charge is 2.16. The van der Waals surface area contributed by atoms with Crippen molar-refractivity contribution in [3.8, 4) is 17.2 Å². The van der Waals surface area contributed by atoms with Crippen LogP contribution in [0.3, 0.4) is 0 Å². The number of carbonyl (C=O) groups excluding carboxylic acids is 1. The molecule has 0 radical (unpaired) electrons. The van der Waals surface area contributed by atoms with Crippen molar-refractivity contribution < 1.29 is 19.0 Å². The second-order valence-corrected chi connectivity index (χ2v) is 5.90. The minimum absolute atomic E-state index is 0.158. The summed E-state index contributed by atoms with van der Waals surface area (Å²) in [5, 5.41) is 2.85. The minimum atomic E-state index is -0.158. The molecule has 1 N–H and O–H groups in total. The van der Waals surface area contributed by atoms with Gasteiger partial charge >= 0.3 is 0 Å². The van der Waals surface area contributed by atoms with E-state index < -0.39 is 0 Å². The van der Waals surface area contributed by atoms with E-state index in [1.807, 2.05) is 13.8 Å². The standard InChI is InChI=1S/C19H21NO4/c1-12-8-13(2)18(14(3)9-12)22-7-6-20-19(21)15-4-5-16-17(10-15)24-11-23-16/h4-5,8-10H,6-7,11H2,1-3H3,(H,20,21). The largest absolute Gasteiger partial charge is 0.491 e. The number of amides is 1. The number of nitrogens with one attached hydrogen (secondary N) is 1. The van der Waals surface area contributed by atoms with Crippen LogP contribution >= 0.6 is 0 Å². The molecule has 0 aliphatic carbocycles. The first kappa shape index (κ1) is 16.2. The normalized spacial score (nSPS) is 12.1. The van der Waals surface area contributed by atoms with Crippen LogP contribution in [0.5, 0.6) is 17.2 Å². The van der Waals surface area contributed by atoms with E-state index in [0.717, 1.165) is 16.9 Å². The van der Waals surface area contributed by atoms with Gasteiger partial charge in [0.1, 0.15) is 12.4 Å². The van der Waals surface area contributed by atoms with Crippen molar-refractivity contribution in [3.05, 3.63) is 52.6 Å². The monoisotopic (exact) mass is 327 g/mol. The Morgan fingerprint density at radius 3 is 2.54 bits per heavy atom. The van der Waals surface area contributed by atoms with Crippen LogP contribution < -0.4 is 19.5 Å². The number of hydrogen-bond donors (Lipinski definition) is 1. The lowest BCUT2D eigenvalue weighted by Crippen LogP contribution is -2.28. The van der Waals surface area contributed by atoms with Gasteiger partial charge in [-0.25, -0.2) is 0 Å². The molecule has 0 saturated carbocycles. The molecular formula is C19H21NO4. The fourth-order valence-electron chi connectivity index (χ4n) is 2.85. The van der Waals surface area contributed by atoms with E-state index in [9.17, 15) is 4.79 Å². The van der Waals surface area contributed by atoms with Gasteiger partial charge in [-0.3, -0.25) is 4.79 Å². The average Bonchev–Trinajstić information content (AvgIpc) is 3.00. The Hall–Kier alpha value is -2.69. The quantitative estimate of drug-likeness (QED) is 0.857. The van der Waals surface area contributed by atoms with Crippen molar-refractivity contribution in [2.75, 3.05) is 19.9 Å². The first-order valence-corrected chi connectivity index (χ1v) is 7.93. The van der Waals surface area contributed by atoms with E-state index in [4.69, 9.17) is 14.2 Å². The number of aryl methyl sites for hydroxylation is 3. The van der Waals surface area contributed by atoms with E-state index in [-0.39, 0.29) is 12.7 Å². The van der Waals surface area contributed by atoms with Crippen molar-refractivity contribution in [2.24, 2.45) is 0 Å². The van der Waals surface area contributed by atoms with Gasteiger partial charge in [0, 0.05) is 5.56 Å². The molecule has 3 rings (SSSR count). The summed E-state index contributed by atoms with van der Waals surface area (Å²) in [4.78, 5) is 12.2. The van der Waals surface area contributed by atoms with Crippen molar-refractivity contribution in [3.63, 3.8) is 0 Å². The smallest absolute Gasteiger partial charge is 0.251 e. The van der Waals surface area contributed by atoms with Crippen molar-refractivity contribution >= 4 is 5.91 Å². The molecule has 1 aliphatic rings. The predicted octanol–water partition coefficient (Wildman–Crippen LogP) is 3.15. The van der Waals surface area contributed by atoms with Gasteiger partial charge in [0.15, 0.2) is 11.5 Å². The molecule has 0 fully saturated rings. The zero-order valence-electron chi connectivity index (χ0n) is 14.1. The number of ether oxygens (including phenoxy) is 3. The summed E-state index contributed by atoms with van der Waals surface area (Å²) in [5.41, 5.74) is 3.97. The Balaban J connectivity index is 1.53. The molecule has 126 valence electrons. The maximum absolute atomic E-state index is 12.2. The maximum Gasteiger partial charge on any atom is 0.251 e. The van der Waals surface area contributed by atoms with Crippen LogP contribution in [0.1, 0.15) is 27.0 Å². The molecular weight excluding hydrogens is 306 g/mol. The van der Waals surface area contributed by atoms with Crippen LogP contribution in [0, 0.1) is 20.8 Å². The number of fused-ring (bicyclic) bond motifs is 1. The molecule has 5 nitrogen and oxygen atoms in total. The fraction of sp³-hybridized carbons (Fsp3) is 0.316. The molecule has 1 heterocycles. The molecule has 0 aromatic heterocycles. The van der Waals surface area contributed by atoms with Crippen LogP contribution in [0.4, 0.5) is 0 Å². The number of carbonyl (C=O) groups is 1. The number of hydrogen-bond acceptors (Lipinski definition) is 4. The van der Waals surface area contributed by atoms with Crippen molar-refractivity contribution in [1.82, 2.24) is 5.32 Å². The zero-order chi connectivity index (χ0) is 17.1. The van der Waals surface area contributed by atoms with Crippen LogP contribution in [-0.4, -0.2) is 25.9 Å². The molecule has 5 heteroatoms. The summed E-state index contributed by atoms with van der Waals surface area (Å²) >= 11 is 0. The van der Waals surface area contributed by atoms with Crippen molar-refractivity contribution in [1.29, 1.82) is 0 Å². The van der Waals surface area contributed by atoms with Crippen LogP contribution in [0.25, 0.3) is 0 Å². The van der Waals surface area contributed by atoms with E-state index in [2.05, 4.69) is 24.4 Å². The van der Waals surface area contributed by atoms with Crippen molar-refractivity contribution in [2.45, 2.75) is 20.8 Å². The van der Waals surface area contributed by atoms with Gasteiger partial charge in [0.2, 0.25) is 6.79 Å². The Labute approximate surface area is 141 Å². The number of rotatable bonds is 5.